The molecule has 1 saturated carbocycles. The molecule has 2 rings (SSSR count). The number of aldehydes is 1. The van der Waals surface area contributed by atoms with Crippen LogP contribution in [0.3, 0.4) is 0 Å². The molecule has 0 spiro atoms. The second-order valence-corrected chi connectivity index (χ2v) is 3.54. The lowest BCUT2D eigenvalue weighted by atomic mass is 9.70. The summed E-state index contributed by atoms with van der Waals surface area (Å²) in [5, 5.41) is 9.54. The summed E-state index contributed by atoms with van der Waals surface area (Å²) in [6, 6.07) is 7.27. The Balaban J connectivity index is 2.25. The van der Waals surface area contributed by atoms with Gasteiger partial charge in [-0.3, -0.25) is 0 Å². The van der Waals surface area contributed by atoms with Crippen molar-refractivity contribution in [1.29, 1.82) is 0 Å². The lowest BCUT2D eigenvalue weighted by molar-refractivity contribution is -0.113. The van der Waals surface area contributed by atoms with Gasteiger partial charge in [0, 0.05) is 5.92 Å². The van der Waals surface area contributed by atoms with E-state index < -0.39 is 0 Å². The Kier molecular flexibility index (Phi) is 2.05. The number of hydrogen-bond acceptors (Lipinski definition) is 2. The van der Waals surface area contributed by atoms with Gasteiger partial charge in [0.15, 0.2) is 0 Å². The monoisotopic (exact) mass is 176 g/mol. The van der Waals surface area contributed by atoms with Crippen molar-refractivity contribution in [2.75, 3.05) is 0 Å². The van der Waals surface area contributed by atoms with Gasteiger partial charge in [0.05, 0.1) is 0 Å². The first-order chi connectivity index (χ1) is 6.33. The van der Waals surface area contributed by atoms with E-state index >= 15 is 0 Å². The predicted molar refractivity (Wildman–Crippen MR) is 49.6 cm³/mol. The van der Waals surface area contributed by atoms with Crippen molar-refractivity contribution in [3.05, 3.63) is 29.8 Å². The van der Waals surface area contributed by atoms with Crippen molar-refractivity contribution in [3.8, 4) is 5.75 Å². The van der Waals surface area contributed by atoms with Crippen LogP contribution >= 0.6 is 0 Å². The molecule has 68 valence electrons. The third-order valence-corrected chi connectivity index (χ3v) is 2.84. The van der Waals surface area contributed by atoms with Crippen LogP contribution in [0, 0.1) is 5.92 Å². The van der Waals surface area contributed by atoms with Gasteiger partial charge in [-0.05, 0) is 30.4 Å². The number of hydrogen-bond donors (Lipinski definition) is 1. The number of para-hydroxylation sites is 1. The SMILES string of the molecule is O=CC1CCC1c1ccccc1O. The molecule has 1 aromatic rings. The van der Waals surface area contributed by atoms with E-state index in [1.165, 1.54) is 0 Å². The molecular weight excluding hydrogens is 164 g/mol. The molecule has 0 bridgehead atoms. The van der Waals surface area contributed by atoms with Gasteiger partial charge >= 0.3 is 0 Å². The zero-order valence-electron chi connectivity index (χ0n) is 7.31. The third kappa shape index (κ3) is 1.32. The van der Waals surface area contributed by atoms with Crippen molar-refractivity contribution >= 4 is 6.29 Å². The summed E-state index contributed by atoms with van der Waals surface area (Å²) in [5.74, 6) is 0.686. The average Bonchev–Trinajstić information content (AvgIpc) is 2.08. The number of benzene rings is 1. The van der Waals surface area contributed by atoms with E-state index in [9.17, 15) is 9.90 Å². The highest BCUT2D eigenvalue weighted by Gasteiger charge is 2.32. The zero-order chi connectivity index (χ0) is 9.26. The topological polar surface area (TPSA) is 37.3 Å². The molecule has 2 heteroatoms. The third-order valence-electron chi connectivity index (χ3n) is 2.84. The van der Waals surface area contributed by atoms with Gasteiger partial charge in [0.1, 0.15) is 12.0 Å². The van der Waals surface area contributed by atoms with E-state index in [1.807, 2.05) is 12.1 Å². The van der Waals surface area contributed by atoms with Crippen LogP contribution in [0.25, 0.3) is 0 Å². The van der Waals surface area contributed by atoms with Gasteiger partial charge in [-0.15, -0.1) is 0 Å². The van der Waals surface area contributed by atoms with E-state index in [0.29, 0.717) is 5.75 Å². The Hall–Kier alpha value is -1.31. The summed E-state index contributed by atoms with van der Waals surface area (Å²) in [6.07, 6.45) is 2.98. The Morgan fingerprint density at radius 1 is 1.31 bits per heavy atom. The second-order valence-electron chi connectivity index (χ2n) is 3.54. The predicted octanol–water partition coefficient (Wildman–Crippen LogP) is 2.08. The molecule has 1 N–H and O–H groups in total. The first-order valence-corrected chi connectivity index (χ1v) is 4.56. The van der Waals surface area contributed by atoms with Gasteiger partial charge in [0.25, 0.3) is 0 Å². The maximum atomic E-state index is 10.6. The highest BCUT2D eigenvalue weighted by molar-refractivity contribution is 5.59. The van der Waals surface area contributed by atoms with Crippen LogP contribution in [0.5, 0.6) is 5.75 Å². The normalized spacial score (nSPS) is 26.5. The van der Waals surface area contributed by atoms with Gasteiger partial charge in [-0.1, -0.05) is 18.2 Å². The number of rotatable bonds is 2. The molecule has 0 aromatic heterocycles. The first kappa shape index (κ1) is 8.30. The summed E-state index contributed by atoms with van der Waals surface area (Å²) < 4.78 is 0. The fourth-order valence-electron chi connectivity index (χ4n) is 1.88. The number of aromatic hydroxyl groups is 1. The minimum Gasteiger partial charge on any atom is -0.508 e. The molecule has 1 aromatic carbocycles. The van der Waals surface area contributed by atoms with Crippen LogP contribution in [0.2, 0.25) is 0 Å². The molecule has 13 heavy (non-hydrogen) atoms. The standard InChI is InChI=1S/C11H12O2/c12-7-8-5-6-9(8)10-3-1-2-4-11(10)13/h1-4,7-9,13H,5-6H2. The molecule has 0 heterocycles. The fraction of sp³-hybridized carbons (Fsp3) is 0.364. The van der Waals surface area contributed by atoms with E-state index in [-0.39, 0.29) is 11.8 Å². The maximum Gasteiger partial charge on any atom is 0.123 e. The van der Waals surface area contributed by atoms with Crippen LogP contribution in [-0.4, -0.2) is 11.4 Å². The fourth-order valence-corrected chi connectivity index (χ4v) is 1.88. The lowest BCUT2D eigenvalue weighted by Gasteiger charge is -2.33. The zero-order valence-corrected chi connectivity index (χ0v) is 7.31. The first-order valence-electron chi connectivity index (χ1n) is 4.56. The van der Waals surface area contributed by atoms with E-state index in [0.717, 1.165) is 24.7 Å². The smallest absolute Gasteiger partial charge is 0.123 e. The minimum absolute atomic E-state index is 0.119. The van der Waals surface area contributed by atoms with Crippen molar-refractivity contribution in [1.82, 2.24) is 0 Å². The average molecular weight is 176 g/mol. The maximum absolute atomic E-state index is 10.6. The lowest BCUT2D eigenvalue weighted by Crippen LogP contribution is -2.24. The molecule has 2 unspecified atom stereocenters. The van der Waals surface area contributed by atoms with Crippen LogP contribution in [0.4, 0.5) is 0 Å². The van der Waals surface area contributed by atoms with E-state index in [2.05, 4.69) is 0 Å². The summed E-state index contributed by atoms with van der Waals surface area (Å²) in [7, 11) is 0. The van der Waals surface area contributed by atoms with Gasteiger partial charge in [-0.25, -0.2) is 0 Å². The van der Waals surface area contributed by atoms with E-state index in [4.69, 9.17) is 0 Å². The summed E-state index contributed by atoms with van der Waals surface area (Å²) >= 11 is 0. The van der Waals surface area contributed by atoms with Crippen molar-refractivity contribution in [3.63, 3.8) is 0 Å². The molecule has 0 radical (unpaired) electrons. The van der Waals surface area contributed by atoms with Crippen molar-refractivity contribution < 1.29 is 9.90 Å². The molecule has 1 fully saturated rings. The Bertz CT molecular complexity index is 320. The Labute approximate surface area is 77.2 Å². The van der Waals surface area contributed by atoms with Crippen molar-refractivity contribution in [2.45, 2.75) is 18.8 Å². The quantitative estimate of drug-likeness (QED) is 0.700. The largest absolute Gasteiger partial charge is 0.508 e. The van der Waals surface area contributed by atoms with Crippen LogP contribution in [-0.2, 0) is 4.79 Å². The summed E-state index contributed by atoms with van der Waals surface area (Å²) in [5.41, 5.74) is 0.922. The van der Waals surface area contributed by atoms with Gasteiger partial charge < -0.3 is 9.90 Å². The van der Waals surface area contributed by atoms with Crippen LogP contribution in [0.1, 0.15) is 24.3 Å². The van der Waals surface area contributed by atoms with Crippen LogP contribution in [0.15, 0.2) is 24.3 Å². The molecule has 0 aliphatic heterocycles. The molecular formula is C11H12O2. The second kappa shape index (κ2) is 3.21. The minimum atomic E-state index is 0.119. The van der Waals surface area contributed by atoms with E-state index in [1.54, 1.807) is 12.1 Å². The molecule has 0 saturated heterocycles. The highest BCUT2D eigenvalue weighted by atomic mass is 16.3. The highest BCUT2D eigenvalue weighted by Crippen LogP contribution is 2.44. The molecule has 0 amide bonds. The van der Waals surface area contributed by atoms with Gasteiger partial charge in [0.2, 0.25) is 0 Å². The molecule has 2 nitrogen and oxygen atoms in total. The Morgan fingerprint density at radius 3 is 2.62 bits per heavy atom. The molecule has 1 aliphatic rings. The van der Waals surface area contributed by atoms with Crippen molar-refractivity contribution in [2.24, 2.45) is 5.92 Å². The molecule has 2 atom stereocenters. The number of carbonyl (C=O) groups excluding carboxylic acids is 1. The van der Waals surface area contributed by atoms with Gasteiger partial charge in [-0.2, -0.15) is 0 Å². The summed E-state index contributed by atoms with van der Waals surface area (Å²) in [4.78, 5) is 10.6. The number of phenols is 1. The molecule has 1 aliphatic carbocycles. The Morgan fingerprint density at radius 2 is 2.08 bits per heavy atom. The number of carbonyl (C=O) groups is 1. The summed E-state index contributed by atoms with van der Waals surface area (Å²) in [6.45, 7) is 0. The van der Waals surface area contributed by atoms with Crippen LogP contribution < -0.4 is 0 Å². The number of phenolic OH excluding ortho intramolecular Hbond substituents is 1.